The summed E-state index contributed by atoms with van der Waals surface area (Å²) in [5, 5.41) is 0. The third-order valence-corrected chi connectivity index (χ3v) is 6.46. The standard InChI is InChI=1S/C14H22N4O4S/c15-14(19)11-16-6-8-17(9-7-16)23(20,21)18-5-1-3-12(18)13-4-2-10-22-13/h2,4,10,12H,1,3,5-9,11H2,(H2,15,19)/t12-/m1/s1. The highest BCUT2D eigenvalue weighted by molar-refractivity contribution is 7.86. The van der Waals surface area contributed by atoms with Gasteiger partial charge in [0, 0.05) is 32.7 Å². The molecule has 0 radical (unpaired) electrons. The molecular weight excluding hydrogens is 320 g/mol. The molecule has 2 N–H and O–H groups in total. The minimum Gasteiger partial charge on any atom is -0.468 e. The van der Waals surface area contributed by atoms with Crippen molar-refractivity contribution in [2.45, 2.75) is 18.9 Å². The molecule has 23 heavy (non-hydrogen) atoms. The van der Waals surface area contributed by atoms with Crippen molar-refractivity contribution in [2.75, 3.05) is 39.3 Å². The Morgan fingerprint density at radius 2 is 2.00 bits per heavy atom. The summed E-state index contributed by atoms with van der Waals surface area (Å²) in [6, 6.07) is 3.38. The molecule has 0 aromatic carbocycles. The molecule has 2 saturated heterocycles. The summed E-state index contributed by atoms with van der Waals surface area (Å²) in [4.78, 5) is 12.8. The average molecular weight is 342 g/mol. The highest BCUT2D eigenvalue weighted by Crippen LogP contribution is 2.35. The van der Waals surface area contributed by atoms with Crippen molar-refractivity contribution in [3.05, 3.63) is 24.2 Å². The summed E-state index contributed by atoms with van der Waals surface area (Å²) in [6.07, 6.45) is 3.17. The zero-order chi connectivity index (χ0) is 16.4. The average Bonchev–Trinajstić information content (AvgIpc) is 3.18. The molecule has 1 atom stereocenters. The van der Waals surface area contributed by atoms with Crippen LogP contribution >= 0.6 is 0 Å². The van der Waals surface area contributed by atoms with Crippen LogP contribution in [0.1, 0.15) is 24.6 Å². The van der Waals surface area contributed by atoms with Gasteiger partial charge >= 0.3 is 0 Å². The molecule has 9 heteroatoms. The van der Waals surface area contributed by atoms with E-state index in [4.69, 9.17) is 10.2 Å². The van der Waals surface area contributed by atoms with Crippen molar-refractivity contribution < 1.29 is 17.6 Å². The second-order valence-corrected chi connectivity index (χ2v) is 7.81. The Labute approximate surface area is 136 Å². The summed E-state index contributed by atoms with van der Waals surface area (Å²) in [7, 11) is -3.53. The minimum absolute atomic E-state index is 0.173. The molecular formula is C14H22N4O4S. The van der Waals surface area contributed by atoms with Crippen LogP contribution in [-0.4, -0.2) is 67.1 Å². The first-order chi connectivity index (χ1) is 11.0. The van der Waals surface area contributed by atoms with E-state index in [1.54, 1.807) is 12.3 Å². The molecule has 3 rings (SSSR count). The van der Waals surface area contributed by atoms with Crippen molar-refractivity contribution in [3.63, 3.8) is 0 Å². The molecule has 0 bridgehead atoms. The summed E-state index contributed by atoms with van der Waals surface area (Å²) >= 11 is 0. The van der Waals surface area contributed by atoms with Crippen LogP contribution in [0.3, 0.4) is 0 Å². The van der Waals surface area contributed by atoms with Crippen LogP contribution in [0.4, 0.5) is 0 Å². The van der Waals surface area contributed by atoms with Crippen LogP contribution in [-0.2, 0) is 15.0 Å². The maximum absolute atomic E-state index is 12.9. The van der Waals surface area contributed by atoms with Gasteiger partial charge in [-0.1, -0.05) is 0 Å². The number of piperazine rings is 1. The molecule has 2 fully saturated rings. The number of nitrogens with zero attached hydrogens (tertiary/aromatic N) is 3. The smallest absolute Gasteiger partial charge is 0.282 e. The Balaban J connectivity index is 1.68. The number of furan rings is 1. The maximum atomic E-state index is 12.9. The molecule has 8 nitrogen and oxygen atoms in total. The molecule has 0 aliphatic carbocycles. The van der Waals surface area contributed by atoms with E-state index in [1.165, 1.54) is 8.61 Å². The predicted molar refractivity (Wildman–Crippen MR) is 83.5 cm³/mol. The second-order valence-electron chi connectivity index (χ2n) is 5.93. The summed E-state index contributed by atoms with van der Waals surface area (Å²) in [6.45, 7) is 2.46. The molecule has 0 spiro atoms. The van der Waals surface area contributed by atoms with Crippen LogP contribution < -0.4 is 5.73 Å². The molecule has 128 valence electrons. The predicted octanol–water partition coefficient (Wildman–Crippen LogP) is -0.236. The second kappa shape index (κ2) is 6.60. The number of carbonyl (C=O) groups excluding carboxylic acids is 1. The first-order valence-corrected chi connectivity index (χ1v) is 9.19. The quantitative estimate of drug-likeness (QED) is 0.796. The van der Waals surface area contributed by atoms with E-state index in [9.17, 15) is 13.2 Å². The van der Waals surface area contributed by atoms with Crippen molar-refractivity contribution in [2.24, 2.45) is 5.73 Å². The Hall–Kier alpha value is -1.42. The number of amides is 1. The zero-order valence-corrected chi connectivity index (χ0v) is 13.7. The van der Waals surface area contributed by atoms with E-state index in [0.717, 1.165) is 12.8 Å². The third-order valence-electron chi connectivity index (χ3n) is 4.41. The Morgan fingerprint density at radius 1 is 1.26 bits per heavy atom. The van der Waals surface area contributed by atoms with Gasteiger partial charge in [-0.15, -0.1) is 0 Å². The van der Waals surface area contributed by atoms with Crippen LogP contribution in [0, 0.1) is 0 Å². The number of rotatable bonds is 5. The first kappa shape index (κ1) is 16.4. The van der Waals surface area contributed by atoms with Crippen molar-refractivity contribution in [1.82, 2.24) is 13.5 Å². The highest BCUT2D eigenvalue weighted by Gasteiger charge is 2.40. The Morgan fingerprint density at radius 3 is 2.61 bits per heavy atom. The lowest BCUT2D eigenvalue weighted by atomic mass is 10.2. The molecule has 2 aliphatic rings. The number of primary amides is 1. The normalized spacial score (nSPS) is 25.0. The van der Waals surface area contributed by atoms with Gasteiger partial charge in [0.2, 0.25) is 5.91 Å². The highest BCUT2D eigenvalue weighted by atomic mass is 32.2. The van der Waals surface area contributed by atoms with E-state index in [0.29, 0.717) is 38.5 Å². The monoisotopic (exact) mass is 342 g/mol. The van der Waals surface area contributed by atoms with Gasteiger partial charge in [0.05, 0.1) is 18.8 Å². The van der Waals surface area contributed by atoms with Gasteiger partial charge in [-0.3, -0.25) is 9.69 Å². The Bertz CT molecular complexity index is 638. The number of hydrogen-bond acceptors (Lipinski definition) is 5. The molecule has 1 aromatic heterocycles. The van der Waals surface area contributed by atoms with Crippen molar-refractivity contribution in [3.8, 4) is 0 Å². The van der Waals surface area contributed by atoms with Crippen LogP contribution in [0.15, 0.2) is 22.8 Å². The summed E-state index contributed by atoms with van der Waals surface area (Å²) in [5.74, 6) is 0.303. The van der Waals surface area contributed by atoms with Crippen molar-refractivity contribution >= 4 is 16.1 Å². The lowest BCUT2D eigenvalue weighted by Crippen LogP contribution is -2.54. The minimum atomic E-state index is -3.53. The van der Waals surface area contributed by atoms with E-state index >= 15 is 0 Å². The van der Waals surface area contributed by atoms with Crippen LogP contribution in [0.5, 0.6) is 0 Å². The van der Waals surface area contributed by atoms with Gasteiger partial charge < -0.3 is 10.2 Å². The molecule has 0 unspecified atom stereocenters. The van der Waals surface area contributed by atoms with E-state index in [1.807, 2.05) is 11.0 Å². The molecule has 1 aromatic rings. The largest absolute Gasteiger partial charge is 0.468 e. The number of nitrogens with two attached hydrogens (primary N) is 1. The lowest BCUT2D eigenvalue weighted by Gasteiger charge is -2.36. The molecule has 3 heterocycles. The van der Waals surface area contributed by atoms with Crippen LogP contribution in [0.25, 0.3) is 0 Å². The Kier molecular flexibility index (Phi) is 4.72. The van der Waals surface area contributed by atoms with Gasteiger partial charge in [0.15, 0.2) is 0 Å². The van der Waals surface area contributed by atoms with Gasteiger partial charge in [0.1, 0.15) is 5.76 Å². The van der Waals surface area contributed by atoms with Gasteiger partial charge in [-0.25, -0.2) is 0 Å². The van der Waals surface area contributed by atoms with Crippen molar-refractivity contribution in [1.29, 1.82) is 0 Å². The zero-order valence-electron chi connectivity index (χ0n) is 12.9. The number of hydrogen-bond donors (Lipinski definition) is 1. The maximum Gasteiger partial charge on any atom is 0.282 e. The molecule has 0 saturated carbocycles. The fraction of sp³-hybridized carbons (Fsp3) is 0.643. The lowest BCUT2D eigenvalue weighted by molar-refractivity contribution is -0.119. The van der Waals surface area contributed by atoms with E-state index < -0.39 is 16.1 Å². The first-order valence-electron chi connectivity index (χ1n) is 7.79. The fourth-order valence-corrected chi connectivity index (χ4v) is 5.08. The van der Waals surface area contributed by atoms with Gasteiger partial charge in [-0.05, 0) is 25.0 Å². The topological polar surface area (TPSA) is 100 Å². The molecule has 1 amide bonds. The summed E-state index contributed by atoms with van der Waals surface area (Å²) in [5.41, 5.74) is 5.18. The fourth-order valence-electron chi connectivity index (χ4n) is 3.27. The van der Waals surface area contributed by atoms with Gasteiger partial charge in [0.25, 0.3) is 10.2 Å². The van der Waals surface area contributed by atoms with E-state index in [2.05, 4.69) is 0 Å². The SMILES string of the molecule is NC(=O)CN1CCN(S(=O)(=O)N2CCC[C@@H]2c2ccco2)CC1. The number of carbonyl (C=O) groups is 1. The van der Waals surface area contributed by atoms with E-state index in [-0.39, 0.29) is 12.6 Å². The summed E-state index contributed by atoms with van der Waals surface area (Å²) < 4.78 is 34.3. The van der Waals surface area contributed by atoms with Gasteiger partial charge in [-0.2, -0.15) is 17.0 Å². The van der Waals surface area contributed by atoms with Crippen LogP contribution in [0.2, 0.25) is 0 Å². The third kappa shape index (κ3) is 3.42. The molecule has 2 aliphatic heterocycles.